The number of nitrogens with zero attached hydrogens (tertiary/aromatic N) is 1. The van der Waals surface area contributed by atoms with Gasteiger partial charge < -0.3 is 5.11 Å². The van der Waals surface area contributed by atoms with E-state index >= 15 is 0 Å². The number of hydrogen-bond acceptors (Lipinski definition) is 3. The van der Waals surface area contributed by atoms with Gasteiger partial charge in [-0.05, 0) is 45.0 Å². The Morgan fingerprint density at radius 1 is 1.44 bits per heavy atom. The maximum absolute atomic E-state index is 11.1. The molecule has 0 aromatic rings. The van der Waals surface area contributed by atoms with Crippen molar-refractivity contribution >= 4 is 17.7 Å². The van der Waals surface area contributed by atoms with Gasteiger partial charge in [-0.15, -0.1) is 0 Å². The molecule has 92 valence electrons. The van der Waals surface area contributed by atoms with Gasteiger partial charge in [-0.3, -0.25) is 9.69 Å². The number of carbonyl (C=O) groups is 1. The van der Waals surface area contributed by atoms with Crippen molar-refractivity contribution in [3.05, 3.63) is 0 Å². The SMILES string of the molecule is CC1SCCC1N1CCC(C)(C(=O)O)CC1. The molecule has 4 heteroatoms. The van der Waals surface area contributed by atoms with E-state index in [0.717, 1.165) is 25.9 Å². The Labute approximate surface area is 102 Å². The lowest BCUT2D eigenvalue weighted by atomic mass is 9.80. The summed E-state index contributed by atoms with van der Waals surface area (Å²) in [5, 5.41) is 9.90. The van der Waals surface area contributed by atoms with Crippen LogP contribution in [0.5, 0.6) is 0 Å². The monoisotopic (exact) mass is 243 g/mol. The summed E-state index contributed by atoms with van der Waals surface area (Å²) in [5.41, 5.74) is -0.481. The molecular formula is C12H21NO2S. The Hall–Kier alpha value is -0.220. The average Bonchev–Trinajstić information content (AvgIpc) is 2.66. The minimum atomic E-state index is -0.624. The molecule has 1 N–H and O–H groups in total. The smallest absolute Gasteiger partial charge is 0.309 e. The lowest BCUT2D eigenvalue weighted by Crippen LogP contribution is -2.48. The summed E-state index contributed by atoms with van der Waals surface area (Å²) in [6.07, 6.45) is 2.88. The number of thioether (sulfide) groups is 1. The van der Waals surface area contributed by atoms with Crippen LogP contribution in [0.1, 0.15) is 33.1 Å². The van der Waals surface area contributed by atoms with Gasteiger partial charge in [-0.1, -0.05) is 6.92 Å². The number of likely N-dealkylation sites (tertiary alicyclic amines) is 1. The largest absolute Gasteiger partial charge is 0.481 e. The first-order valence-electron chi connectivity index (χ1n) is 6.12. The summed E-state index contributed by atoms with van der Waals surface area (Å²) in [6, 6.07) is 0.684. The van der Waals surface area contributed by atoms with E-state index < -0.39 is 11.4 Å². The van der Waals surface area contributed by atoms with Crippen molar-refractivity contribution in [2.24, 2.45) is 5.41 Å². The van der Waals surface area contributed by atoms with Gasteiger partial charge in [0.05, 0.1) is 5.41 Å². The summed E-state index contributed by atoms with van der Waals surface area (Å²) < 4.78 is 0. The number of aliphatic carboxylic acids is 1. The molecule has 2 atom stereocenters. The molecule has 3 nitrogen and oxygen atoms in total. The van der Waals surface area contributed by atoms with Gasteiger partial charge in [0.25, 0.3) is 0 Å². The fourth-order valence-electron chi connectivity index (χ4n) is 2.76. The highest BCUT2D eigenvalue weighted by atomic mass is 32.2. The zero-order valence-electron chi connectivity index (χ0n) is 10.1. The van der Waals surface area contributed by atoms with Crippen LogP contribution in [0, 0.1) is 5.41 Å². The predicted octanol–water partition coefficient (Wildman–Crippen LogP) is 2.07. The lowest BCUT2D eigenvalue weighted by Gasteiger charge is -2.40. The molecule has 0 aromatic heterocycles. The second-order valence-corrected chi connectivity index (χ2v) is 6.82. The number of carboxylic acids is 1. The number of rotatable bonds is 2. The first-order valence-corrected chi connectivity index (χ1v) is 7.17. The molecule has 2 aliphatic rings. The van der Waals surface area contributed by atoms with Gasteiger partial charge in [0.2, 0.25) is 0 Å². The van der Waals surface area contributed by atoms with E-state index in [1.165, 1.54) is 12.2 Å². The zero-order valence-corrected chi connectivity index (χ0v) is 10.9. The van der Waals surface area contributed by atoms with Crippen molar-refractivity contribution in [3.63, 3.8) is 0 Å². The molecule has 0 amide bonds. The van der Waals surface area contributed by atoms with Crippen LogP contribution < -0.4 is 0 Å². The molecule has 2 aliphatic heterocycles. The van der Waals surface area contributed by atoms with E-state index in [2.05, 4.69) is 11.8 Å². The van der Waals surface area contributed by atoms with Crippen LogP contribution in [0.4, 0.5) is 0 Å². The minimum absolute atomic E-state index is 0.481. The second kappa shape index (κ2) is 4.57. The van der Waals surface area contributed by atoms with E-state index in [-0.39, 0.29) is 0 Å². The Morgan fingerprint density at radius 2 is 2.06 bits per heavy atom. The van der Waals surface area contributed by atoms with Crippen LogP contribution in [-0.4, -0.2) is 46.1 Å². The van der Waals surface area contributed by atoms with Crippen molar-refractivity contribution in [2.45, 2.75) is 44.4 Å². The van der Waals surface area contributed by atoms with Crippen LogP contribution in [0.25, 0.3) is 0 Å². The predicted molar refractivity (Wildman–Crippen MR) is 66.9 cm³/mol. The van der Waals surface area contributed by atoms with Crippen molar-refractivity contribution in [2.75, 3.05) is 18.8 Å². The maximum atomic E-state index is 11.1. The van der Waals surface area contributed by atoms with Crippen LogP contribution in [0.3, 0.4) is 0 Å². The van der Waals surface area contributed by atoms with Crippen LogP contribution >= 0.6 is 11.8 Å². The third kappa shape index (κ3) is 2.23. The fourth-order valence-corrected chi connectivity index (χ4v) is 4.04. The topological polar surface area (TPSA) is 40.5 Å². The first kappa shape index (κ1) is 12.2. The van der Waals surface area contributed by atoms with E-state index in [4.69, 9.17) is 0 Å². The fraction of sp³-hybridized carbons (Fsp3) is 0.917. The summed E-state index contributed by atoms with van der Waals surface area (Å²) in [7, 11) is 0. The van der Waals surface area contributed by atoms with Crippen molar-refractivity contribution < 1.29 is 9.90 Å². The number of hydrogen-bond donors (Lipinski definition) is 1. The molecule has 2 saturated heterocycles. The van der Waals surface area contributed by atoms with Gasteiger partial charge in [0.15, 0.2) is 0 Å². The molecule has 0 bridgehead atoms. The van der Waals surface area contributed by atoms with Crippen LogP contribution in [0.2, 0.25) is 0 Å². The molecule has 0 radical (unpaired) electrons. The van der Waals surface area contributed by atoms with Crippen molar-refractivity contribution in [1.29, 1.82) is 0 Å². The molecule has 2 heterocycles. The molecule has 0 spiro atoms. The molecule has 0 aliphatic carbocycles. The second-order valence-electron chi connectivity index (χ2n) is 5.33. The molecular weight excluding hydrogens is 222 g/mol. The molecule has 2 rings (SSSR count). The summed E-state index contributed by atoms with van der Waals surface area (Å²) in [6.45, 7) is 6.10. The molecule has 0 aromatic carbocycles. The third-order valence-corrected chi connectivity index (χ3v) is 5.53. The normalized spacial score (nSPS) is 35.1. The van der Waals surface area contributed by atoms with Crippen molar-refractivity contribution in [3.8, 4) is 0 Å². The van der Waals surface area contributed by atoms with Crippen LogP contribution in [0.15, 0.2) is 0 Å². The van der Waals surface area contributed by atoms with E-state index in [1.54, 1.807) is 0 Å². The quantitative estimate of drug-likeness (QED) is 0.806. The highest BCUT2D eigenvalue weighted by Crippen LogP contribution is 2.36. The van der Waals surface area contributed by atoms with Gasteiger partial charge in [0, 0.05) is 11.3 Å². The highest BCUT2D eigenvalue weighted by Gasteiger charge is 2.40. The van der Waals surface area contributed by atoms with Crippen molar-refractivity contribution in [1.82, 2.24) is 4.90 Å². The molecule has 16 heavy (non-hydrogen) atoms. The van der Waals surface area contributed by atoms with E-state index in [0.29, 0.717) is 11.3 Å². The Balaban J connectivity index is 1.92. The highest BCUT2D eigenvalue weighted by molar-refractivity contribution is 8.00. The number of carboxylic acid groups (broad SMARTS) is 1. The maximum Gasteiger partial charge on any atom is 0.309 e. The van der Waals surface area contributed by atoms with E-state index in [9.17, 15) is 9.90 Å². The van der Waals surface area contributed by atoms with Crippen LogP contribution in [-0.2, 0) is 4.79 Å². The minimum Gasteiger partial charge on any atom is -0.481 e. The Morgan fingerprint density at radius 3 is 2.50 bits per heavy atom. The van der Waals surface area contributed by atoms with Gasteiger partial charge in [0.1, 0.15) is 0 Å². The number of piperidine rings is 1. The first-order chi connectivity index (χ1) is 7.53. The standard InChI is InChI=1S/C12H21NO2S/c1-9-10(3-8-16-9)13-6-4-12(2,5-7-13)11(14)15/h9-10H,3-8H2,1-2H3,(H,14,15). The summed E-state index contributed by atoms with van der Waals surface area (Å²) >= 11 is 2.05. The third-order valence-electron chi connectivity index (χ3n) is 4.22. The average molecular weight is 243 g/mol. The van der Waals surface area contributed by atoms with Gasteiger partial charge in [-0.25, -0.2) is 0 Å². The molecule has 2 unspecified atom stereocenters. The van der Waals surface area contributed by atoms with Gasteiger partial charge in [-0.2, -0.15) is 11.8 Å². The molecule has 0 saturated carbocycles. The molecule has 2 fully saturated rings. The summed E-state index contributed by atoms with van der Waals surface area (Å²) in [4.78, 5) is 13.7. The van der Waals surface area contributed by atoms with E-state index in [1.807, 2.05) is 18.7 Å². The summed E-state index contributed by atoms with van der Waals surface area (Å²) in [5.74, 6) is 0.638. The zero-order chi connectivity index (χ0) is 11.8. The Bertz CT molecular complexity index is 274. The lowest BCUT2D eigenvalue weighted by molar-refractivity contribution is -0.151. The van der Waals surface area contributed by atoms with Gasteiger partial charge >= 0.3 is 5.97 Å². The Kier molecular flexibility index (Phi) is 3.50.